The number of nitrogens with zero attached hydrogens (tertiary/aromatic N) is 1. The van der Waals surface area contributed by atoms with Crippen LogP contribution in [0.2, 0.25) is 0 Å². The number of aliphatic hydroxyl groups is 1. The smallest absolute Gasteiger partial charge is 0.0695 e. The number of H-pyrrole nitrogens is 1. The van der Waals surface area contributed by atoms with Gasteiger partial charge in [0.1, 0.15) is 0 Å². The SMILES string of the molecule is CC1(CO)CCCC1NCc1cn[nH]c1-c1ccccc1. The second-order valence-electron chi connectivity index (χ2n) is 6.27. The van der Waals surface area contributed by atoms with Crippen molar-refractivity contribution in [3.63, 3.8) is 0 Å². The molecule has 1 saturated carbocycles. The molecule has 1 aliphatic rings. The van der Waals surface area contributed by atoms with Crippen LogP contribution in [-0.4, -0.2) is 28.0 Å². The third-order valence-corrected chi connectivity index (χ3v) is 4.76. The molecule has 112 valence electrons. The van der Waals surface area contributed by atoms with Crippen molar-refractivity contribution >= 4 is 0 Å². The number of aromatic amines is 1. The largest absolute Gasteiger partial charge is 0.396 e. The van der Waals surface area contributed by atoms with Gasteiger partial charge in [-0.1, -0.05) is 43.7 Å². The molecule has 21 heavy (non-hydrogen) atoms. The number of aromatic nitrogens is 2. The van der Waals surface area contributed by atoms with Crippen molar-refractivity contribution in [1.29, 1.82) is 0 Å². The van der Waals surface area contributed by atoms with E-state index in [-0.39, 0.29) is 12.0 Å². The van der Waals surface area contributed by atoms with Gasteiger partial charge < -0.3 is 10.4 Å². The van der Waals surface area contributed by atoms with Crippen LogP contribution in [0.1, 0.15) is 31.7 Å². The van der Waals surface area contributed by atoms with E-state index in [0.29, 0.717) is 6.04 Å². The number of hydrogen-bond donors (Lipinski definition) is 3. The van der Waals surface area contributed by atoms with Crippen molar-refractivity contribution in [3.8, 4) is 11.3 Å². The molecule has 4 nitrogen and oxygen atoms in total. The maximum absolute atomic E-state index is 9.63. The van der Waals surface area contributed by atoms with Gasteiger partial charge in [0.15, 0.2) is 0 Å². The molecule has 1 heterocycles. The van der Waals surface area contributed by atoms with Gasteiger partial charge >= 0.3 is 0 Å². The van der Waals surface area contributed by atoms with Crippen LogP contribution in [0.5, 0.6) is 0 Å². The van der Waals surface area contributed by atoms with Crippen LogP contribution in [0, 0.1) is 5.41 Å². The topological polar surface area (TPSA) is 60.9 Å². The normalized spacial score (nSPS) is 25.3. The third kappa shape index (κ3) is 2.87. The third-order valence-electron chi connectivity index (χ3n) is 4.76. The number of hydrogen-bond acceptors (Lipinski definition) is 3. The maximum Gasteiger partial charge on any atom is 0.0695 e. The van der Waals surface area contributed by atoms with Crippen LogP contribution in [0.25, 0.3) is 11.3 Å². The van der Waals surface area contributed by atoms with Crippen molar-refractivity contribution in [1.82, 2.24) is 15.5 Å². The van der Waals surface area contributed by atoms with E-state index >= 15 is 0 Å². The molecule has 0 amide bonds. The molecule has 1 aromatic heterocycles. The van der Waals surface area contributed by atoms with E-state index in [2.05, 4.69) is 34.6 Å². The Morgan fingerprint density at radius 1 is 1.38 bits per heavy atom. The Morgan fingerprint density at radius 2 is 2.19 bits per heavy atom. The Morgan fingerprint density at radius 3 is 2.95 bits per heavy atom. The second-order valence-corrected chi connectivity index (χ2v) is 6.27. The molecule has 2 atom stereocenters. The predicted octanol–water partition coefficient (Wildman–Crippen LogP) is 2.72. The minimum atomic E-state index is 0.0106. The highest BCUT2D eigenvalue weighted by molar-refractivity contribution is 5.62. The standard InChI is InChI=1S/C17H23N3O/c1-17(12-21)9-5-8-15(17)18-10-14-11-19-20-16(14)13-6-3-2-4-7-13/h2-4,6-7,11,15,18,21H,5,8-10,12H2,1H3,(H,19,20). The lowest BCUT2D eigenvalue weighted by atomic mass is 9.85. The number of rotatable bonds is 5. The minimum Gasteiger partial charge on any atom is -0.396 e. The van der Waals surface area contributed by atoms with Gasteiger partial charge in [0, 0.05) is 30.2 Å². The van der Waals surface area contributed by atoms with Crippen molar-refractivity contribution in [3.05, 3.63) is 42.1 Å². The zero-order chi connectivity index (χ0) is 14.7. The Balaban J connectivity index is 1.71. The summed E-state index contributed by atoms with van der Waals surface area (Å²) < 4.78 is 0. The van der Waals surface area contributed by atoms with Gasteiger partial charge in [-0.2, -0.15) is 5.10 Å². The second kappa shape index (κ2) is 6.00. The maximum atomic E-state index is 9.63. The summed E-state index contributed by atoms with van der Waals surface area (Å²) in [6.07, 6.45) is 5.31. The molecule has 2 aromatic rings. The lowest BCUT2D eigenvalue weighted by Gasteiger charge is -2.30. The molecule has 3 N–H and O–H groups in total. The summed E-state index contributed by atoms with van der Waals surface area (Å²) in [6, 6.07) is 10.6. The fourth-order valence-electron chi connectivity index (χ4n) is 3.30. The first-order valence-corrected chi connectivity index (χ1v) is 7.65. The first-order valence-electron chi connectivity index (χ1n) is 7.65. The summed E-state index contributed by atoms with van der Waals surface area (Å²) in [7, 11) is 0. The summed E-state index contributed by atoms with van der Waals surface area (Å²) in [4.78, 5) is 0. The van der Waals surface area contributed by atoms with Crippen LogP contribution < -0.4 is 5.32 Å². The van der Waals surface area contributed by atoms with Crippen LogP contribution in [0.3, 0.4) is 0 Å². The first-order chi connectivity index (χ1) is 10.2. The average Bonchev–Trinajstić information content (AvgIpc) is 3.13. The van der Waals surface area contributed by atoms with E-state index in [1.165, 1.54) is 12.0 Å². The van der Waals surface area contributed by atoms with Crippen molar-refractivity contribution < 1.29 is 5.11 Å². The molecule has 4 heteroatoms. The number of aliphatic hydroxyl groups excluding tert-OH is 1. The predicted molar refractivity (Wildman–Crippen MR) is 83.7 cm³/mol. The fourth-order valence-corrected chi connectivity index (χ4v) is 3.30. The van der Waals surface area contributed by atoms with Gasteiger partial charge in [-0.05, 0) is 18.4 Å². The zero-order valence-corrected chi connectivity index (χ0v) is 12.5. The van der Waals surface area contributed by atoms with E-state index in [9.17, 15) is 5.11 Å². The molecule has 1 aromatic carbocycles. The Hall–Kier alpha value is -1.65. The van der Waals surface area contributed by atoms with E-state index in [4.69, 9.17) is 0 Å². The van der Waals surface area contributed by atoms with Crippen LogP contribution >= 0.6 is 0 Å². The van der Waals surface area contributed by atoms with E-state index in [1.807, 2.05) is 24.4 Å². The molecule has 0 aliphatic heterocycles. The van der Waals surface area contributed by atoms with Crippen LogP contribution in [0.4, 0.5) is 0 Å². The van der Waals surface area contributed by atoms with Crippen molar-refractivity contribution in [2.24, 2.45) is 5.41 Å². The summed E-state index contributed by atoms with van der Waals surface area (Å²) in [6.45, 7) is 3.20. The molecular weight excluding hydrogens is 262 g/mol. The molecule has 2 unspecified atom stereocenters. The fraction of sp³-hybridized carbons (Fsp3) is 0.471. The quantitative estimate of drug-likeness (QED) is 0.791. The van der Waals surface area contributed by atoms with E-state index in [0.717, 1.165) is 30.6 Å². The molecule has 3 rings (SSSR count). The summed E-state index contributed by atoms with van der Waals surface area (Å²) >= 11 is 0. The molecular formula is C17H23N3O. The lowest BCUT2D eigenvalue weighted by Crippen LogP contribution is -2.41. The van der Waals surface area contributed by atoms with Gasteiger partial charge in [-0.25, -0.2) is 0 Å². The first kappa shape index (κ1) is 14.3. The number of nitrogens with one attached hydrogen (secondary N) is 2. The molecule has 0 spiro atoms. The highest BCUT2D eigenvalue weighted by Gasteiger charge is 2.37. The summed E-state index contributed by atoms with van der Waals surface area (Å²) in [5, 5.41) is 20.5. The van der Waals surface area contributed by atoms with Gasteiger partial charge in [0.2, 0.25) is 0 Å². The average molecular weight is 285 g/mol. The van der Waals surface area contributed by atoms with E-state index < -0.39 is 0 Å². The molecule has 0 radical (unpaired) electrons. The minimum absolute atomic E-state index is 0.0106. The van der Waals surface area contributed by atoms with E-state index in [1.54, 1.807) is 0 Å². The Labute approximate surface area is 125 Å². The van der Waals surface area contributed by atoms with Crippen molar-refractivity contribution in [2.45, 2.75) is 38.8 Å². The molecule has 1 aliphatic carbocycles. The highest BCUT2D eigenvalue weighted by Crippen LogP contribution is 2.37. The number of benzene rings is 1. The van der Waals surface area contributed by atoms with Gasteiger partial charge in [0.05, 0.1) is 11.9 Å². The zero-order valence-electron chi connectivity index (χ0n) is 12.5. The summed E-state index contributed by atoms with van der Waals surface area (Å²) in [5.41, 5.74) is 3.42. The van der Waals surface area contributed by atoms with Gasteiger partial charge in [0.25, 0.3) is 0 Å². The molecule has 0 saturated heterocycles. The van der Waals surface area contributed by atoms with Gasteiger partial charge in [-0.15, -0.1) is 0 Å². The Bertz CT molecular complexity index is 581. The highest BCUT2D eigenvalue weighted by atomic mass is 16.3. The van der Waals surface area contributed by atoms with Crippen molar-refractivity contribution in [2.75, 3.05) is 6.61 Å². The monoisotopic (exact) mass is 285 g/mol. The summed E-state index contributed by atoms with van der Waals surface area (Å²) in [5.74, 6) is 0. The molecule has 0 bridgehead atoms. The van der Waals surface area contributed by atoms with Crippen LogP contribution in [-0.2, 0) is 6.54 Å². The van der Waals surface area contributed by atoms with Gasteiger partial charge in [-0.3, -0.25) is 5.10 Å². The van der Waals surface area contributed by atoms with Crippen LogP contribution in [0.15, 0.2) is 36.5 Å². The Kier molecular flexibility index (Phi) is 4.08. The lowest BCUT2D eigenvalue weighted by molar-refractivity contribution is 0.118. The molecule has 1 fully saturated rings.